The predicted octanol–water partition coefficient (Wildman–Crippen LogP) is 4.81. The highest BCUT2D eigenvalue weighted by Crippen LogP contribution is 2.44. The minimum Gasteiger partial charge on any atom is -0.374 e. The second kappa shape index (κ2) is 8.85. The summed E-state index contributed by atoms with van der Waals surface area (Å²) in [6, 6.07) is 14.2. The summed E-state index contributed by atoms with van der Waals surface area (Å²) in [6.45, 7) is 4.55. The van der Waals surface area contributed by atoms with E-state index in [0.717, 1.165) is 23.7 Å². The molecule has 1 atom stereocenters. The van der Waals surface area contributed by atoms with Gasteiger partial charge in [0, 0.05) is 42.8 Å². The van der Waals surface area contributed by atoms with Crippen molar-refractivity contribution in [2.45, 2.75) is 37.7 Å². The predicted molar refractivity (Wildman–Crippen MR) is 132 cm³/mol. The Labute approximate surface area is 209 Å². The molecule has 0 saturated carbocycles. The van der Waals surface area contributed by atoms with Gasteiger partial charge in [0.05, 0.1) is 42.5 Å². The van der Waals surface area contributed by atoms with Gasteiger partial charge < -0.3 is 18.9 Å². The molecular formula is C26H27Cl2N3O3. The highest BCUT2D eigenvalue weighted by atomic mass is 35.5. The number of benzene rings is 2. The van der Waals surface area contributed by atoms with Crippen LogP contribution in [0.2, 0.25) is 5.02 Å². The Hall–Kier alpha value is -2.09. The third kappa shape index (κ3) is 3.91. The maximum Gasteiger partial charge on any atom is 0.256 e. The number of hydrogen-bond acceptors (Lipinski definition) is 4. The van der Waals surface area contributed by atoms with Crippen LogP contribution in [0.3, 0.4) is 0 Å². The maximum absolute atomic E-state index is 13.7. The summed E-state index contributed by atoms with van der Waals surface area (Å²) in [7, 11) is 0. The Bertz CT molecular complexity index is 1240. The lowest BCUT2D eigenvalue weighted by Gasteiger charge is -2.39. The molecule has 6 rings (SSSR count). The first-order valence-electron chi connectivity index (χ1n) is 11.8. The van der Waals surface area contributed by atoms with E-state index in [1.165, 1.54) is 11.1 Å². The van der Waals surface area contributed by atoms with E-state index in [-0.39, 0.29) is 17.6 Å². The fourth-order valence-electron chi connectivity index (χ4n) is 5.64. The van der Waals surface area contributed by atoms with Crippen molar-refractivity contribution in [2.75, 3.05) is 32.8 Å². The Morgan fingerprint density at radius 3 is 2.76 bits per heavy atom. The monoisotopic (exact) mass is 499 g/mol. The standard InChI is InChI=1S/C26H27Cl2N3O3/c27-19-5-6-21-22(16-30(24(21)13-19)14-20-15-31(28)11-12-33-20)25(32)29-9-7-26(8-10-29)23-4-2-1-3-18(23)17-34-26/h1-6,13,16,20H,7-12,14-15,17H2. The van der Waals surface area contributed by atoms with E-state index in [0.29, 0.717) is 56.5 Å². The molecule has 34 heavy (non-hydrogen) atoms. The van der Waals surface area contributed by atoms with Crippen LogP contribution >= 0.6 is 23.4 Å². The molecule has 1 spiro atoms. The number of amides is 1. The zero-order valence-corrected chi connectivity index (χ0v) is 20.4. The maximum atomic E-state index is 13.7. The van der Waals surface area contributed by atoms with Crippen molar-refractivity contribution in [1.29, 1.82) is 0 Å². The molecule has 3 aliphatic rings. The summed E-state index contributed by atoms with van der Waals surface area (Å²) in [4.78, 5) is 15.6. The van der Waals surface area contributed by atoms with Gasteiger partial charge in [-0.15, -0.1) is 0 Å². The first kappa shape index (κ1) is 22.4. The Morgan fingerprint density at radius 2 is 1.94 bits per heavy atom. The minimum atomic E-state index is -0.263. The Balaban J connectivity index is 1.24. The van der Waals surface area contributed by atoms with Gasteiger partial charge in [-0.2, -0.15) is 0 Å². The van der Waals surface area contributed by atoms with Crippen molar-refractivity contribution in [3.05, 3.63) is 70.4 Å². The largest absolute Gasteiger partial charge is 0.374 e. The van der Waals surface area contributed by atoms with Crippen LogP contribution in [0.15, 0.2) is 48.7 Å². The number of nitrogens with zero attached hydrogens (tertiary/aromatic N) is 3. The van der Waals surface area contributed by atoms with E-state index in [1.54, 1.807) is 4.42 Å². The topological polar surface area (TPSA) is 46.9 Å². The van der Waals surface area contributed by atoms with E-state index in [4.69, 9.17) is 32.9 Å². The van der Waals surface area contributed by atoms with E-state index in [1.807, 2.05) is 29.3 Å². The fraction of sp³-hybridized carbons (Fsp3) is 0.423. The summed E-state index contributed by atoms with van der Waals surface area (Å²) >= 11 is 12.5. The van der Waals surface area contributed by atoms with Crippen LogP contribution in [0.5, 0.6) is 0 Å². The van der Waals surface area contributed by atoms with Crippen molar-refractivity contribution >= 4 is 40.2 Å². The van der Waals surface area contributed by atoms with Gasteiger partial charge >= 0.3 is 0 Å². The van der Waals surface area contributed by atoms with E-state index in [9.17, 15) is 4.79 Å². The summed E-state index contributed by atoms with van der Waals surface area (Å²) in [6.07, 6.45) is 3.52. The molecule has 0 aliphatic carbocycles. The Kier molecular flexibility index (Phi) is 5.82. The van der Waals surface area contributed by atoms with Gasteiger partial charge in [-0.1, -0.05) is 41.9 Å². The van der Waals surface area contributed by atoms with Crippen LogP contribution in [0.1, 0.15) is 34.3 Å². The molecule has 2 fully saturated rings. The zero-order chi connectivity index (χ0) is 23.3. The number of piperidine rings is 1. The van der Waals surface area contributed by atoms with Crippen molar-refractivity contribution in [3.8, 4) is 0 Å². The normalized spacial score (nSPS) is 22.4. The number of aromatic nitrogens is 1. The molecule has 0 bridgehead atoms. The number of fused-ring (bicyclic) bond motifs is 3. The number of likely N-dealkylation sites (tertiary alicyclic amines) is 1. The number of halogens is 2. The summed E-state index contributed by atoms with van der Waals surface area (Å²) in [5, 5.41) is 1.56. The third-order valence-electron chi connectivity index (χ3n) is 7.43. The van der Waals surface area contributed by atoms with Crippen molar-refractivity contribution in [2.24, 2.45) is 0 Å². The van der Waals surface area contributed by atoms with E-state index >= 15 is 0 Å². The number of hydrogen-bond donors (Lipinski definition) is 0. The van der Waals surface area contributed by atoms with Gasteiger partial charge in [0.1, 0.15) is 0 Å². The molecule has 1 amide bonds. The lowest BCUT2D eigenvalue weighted by atomic mass is 9.83. The first-order valence-corrected chi connectivity index (χ1v) is 12.6. The molecule has 6 nitrogen and oxygen atoms in total. The fourth-order valence-corrected chi connectivity index (χ4v) is 6.03. The molecule has 1 aromatic heterocycles. The van der Waals surface area contributed by atoms with Gasteiger partial charge in [-0.25, -0.2) is 4.42 Å². The van der Waals surface area contributed by atoms with Crippen LogP contribution in [-0.2, 0) is 28.2 Å². The molecule has 4 heterocycles. The number of rotatable bonds is 3. The van der Waals surface area contributed by atoms with Crippen LogP contribution in [0.4, 0.5) is 0 Å². The number of carbonyl (C=O) groups is 1. The highest BCUT2D eigenvalue weighted by molar-refractivity contribution is 6.31. The van der Waals surface area contributed by atoms with Crippen LogP contribution < -0.4 is 0 Å². The molecule has 3 aromatic rings. The zero-order valence-electron chi connectivity index (χ0n) is 18.9. The Morgan fingerprint density at radius 1 is 1.12 bits per heavy atom. The average Bonchev–Trinajstić information content (AvgIpc) is 3.38. The summed E-state index contributed by atoms with van der Waals surface area (Å²) in [5.41, 5.74) is 3.93. The summed E-state index contributed by atoms with van der Waals surface area (Å²) < 4.78 is 16.0. The van der Waals surface area contributed by atoms with Crippen molar-refractivity contribution in [1.82, 2.24) is 13.9 Å². The second-order valence-corrected chi connectivity index (χ2v) is 10.4. The molecule has 178 valence electrons. The van der Waals surface area contributed by atoms with Crippen LogP contribution in [-0.4, -0.2) is 58.7 Å². The minimum absolute atomic E-state index is 0.0433. The number of carbonyl (C=O) groups excluding carboxylic acids is 1. The van der Waals surface area contributed by atoms with Gasteiger partial charge in [-0.05, 0) is 47.9 Å². The van der Waals surface area contributed by atoms with E-state index in [2.05, 4.69) is 28.8 Å². The van der Waals surface area contributed by atoms with Gasteiger partial charge in [0.15, 0.2) is 0 Å². The second-order valence-electron chi connectivity index (χ2n) is 9.45. The number of morpholine rings is 1. The lowest BCUT2D eigenvalue weighted by Crippen LogP contribution is -2.45. The smallest absolute Gasteiger partial charge is 0.256 e. The van der Waals surface area contributed by atoms with Gasteiger partial charge in [0.2, 0.25) is 0 Å². The molecule has 0 N–H and O–H groups in total. The highest BCUT2D eigenvalue weighted by Gasteiger charge is 2.43. The third-order valence-corrected chi connectivity index (χ3v) is 7.98. The average molecular weight is 500 g/mol. The molecule has 8 heteroatoms. The molecule has 2 saturated heterocycles. The molecule has 0 radical (unpaired) electrons. The molecule has 2 aromatic carbocycles. The molecular weight excluding hydrogens is 473 g/mol. The van der Waals surface area contributed by atoms with E-state index < -0.39 is 0 Å². The SMILES string of the molecule is O=C(c1cn(CC2CN(Cl)CCO2)c2cc(Cl)ccc12)N1CCC2(CC1)OCc1ccccc12. The van der Waals surface area contributed by atoms with Gasteiger partial charge in [0.25, 0.3) is 5.91 Å². The van der Waals surface area contributed by atoms with Crippen LogP contribution in [0.25, 0.3) is 10.9 Å². The first-order chi connectivity index (χ1) is 16.5. The molecule has 1 unspecified atom stereocenters. The van der Waals surface area contributed by atoms with Crippen molar-refractivity contribution in [3.63, 3.8) is 0 Å². The molecule has 3 aliphatic heterocycles. The number of ether oxygens (including phenoxy) is 2. The summed E-state index contributed by atoms with van der Waals surface area (Å²) in [5.74, 6) is 0.0516. The van der Waals surface area contributed by atoms with Crippen molar-refractivity contribution < 1.29 is 14.3 Å². The quantitative estimate of drug-likeness (QED) is 0.485. The van der Waals surface area contributed by atoms with Gasteiger partial charge in [-0.3, -0.25) is 4.79 Å². The van der Waals surface area contributed by atoms with Crippen LogP contribution in [0, 0.1) is 0 Å². The lowest BCUT2D eigenvalue weighted by molar-refractivity contribution is -0.0741.